The van der Waals surface area contributed by atoms with Crippen molar-refractivity contribution in [3.05, 3.63) is 47.5 Å². The van der Waals surface area contributed by atoms with Crippen LogP contribution in [0.1, 0.15) is 48.5 Å². The van der Waals surface area contributed by atoms with Crippen molar-refractivity contribution in [2.45, 2.75) is 44.0 Å². The van der Waals surface area contributed by atoms with Crippen molar-refractivity contribution >= 4 is 15.9 Å². The summed E-state index contributed by atoms with van der Waals surface area (Å²) in [7, 11) is -2.34. The molecule has 8 nitrogen and oxygen atoms in total. The van der Waals surface area contributed by atoms with Crippen LogP contribution in [0.3, 0.4) is 0 Å². The lowest BCUT2D eigenvalue weighted by molar-refractivity contribution is 0.0748. The highest BCUT2D eigenvalue weighted by molar-refractivity contribution is 7.89. The van der Waals surface area contributed by atoms with Gasteiger partial charge in [0.05, 0.1) is 7.11 Å². The summed E-state index contributed by atoms with van der Waals surface area (Å²) in [5, 5.41) is 0. The average Bonchev–Trinajstić information content (AvgIpc) is 3.17. The van der Waals surface area contributed by atoms with E-state index >= 15 is 0 Å². The van der Waals surface area contributed by atoms with Gasteiger partial charge in [-0.25, -0.2) is 8.42 Å². The molecule has 1 saturated heterocycles. The Labute approximate surface area is 201 Å². The molecule has 0 atom stereocenters. The second kappa shape index (κ2) is 10.7. The maximum atomic E-state index is 13.5. The number of fused-ring (bicyclic) bond motifs is 1. The number of amides is 1. The molecule has 0 aromatic heterocycles. The highest BCUT2D eigenvalue weighted by Crippen LogP contribution is 2.35. The summed E-state index contributed by atoms with van der Waals surface area (Å²) >= 11 is 0. The van der Waals surface area contributed by atoms with E-state index in [-0.39, 0.29) is 16.6 Å². The normalized spacial score (nSPS) is 16.5. The number of para-hydroxylation sites is 1. The molecule has 2 aliphatic rings. The number of sulfonamides is 1. The van der Waals surface area contributed by atoms with E-state index < -0.39 is 10.0 Å². The van der Waals surface area contributed by atoms with Crippen LogP contribution in [0.4, 0.5) is 0 Å². The summed E-state index contributed by atoms with van der Waals surface area (Å²) in [4.78, 5) is 15.2. The van der Waals surface area contributed by atoms with E-state index in [2.05, 4.69) is 0 Å². The molecule has 2 heterocycles. The molecule has 34 heavy (non-hydrogen) atoms. The van der Waals surface area contributed by atoms with Crippen LogP contribution >= 0.6 is 0 Å². The van der Waals surface area contributed by atoms with Gasteiger partial charge in [0.2, 0.25) is 10.0 Å². The quantitative estimate of drug-likeness (QED) is 0.591. The van der Waals surface area contributed by atoms with Crippen molar-refractivity contribution in [2.75, 3.05) is 40.0 Å². The van der Waals surface area contributed by atoms with Crippen molar-refractivity contribution in [3.8, 4) is 17.2 Å². The van der Waals surface area contributed by atoms with Crippen molar-refractivity contribution in [1.29, 1.82) is 0 Å². The van der Waals surface area contributed by atoms with Gasteiger partial charge in [-0.05, 0) is 44.0 Å². The van der Waals surface area contributed by atoms with Crippen molar-refractivity contribution in [3.63, 3.8) is 0 Å². The van der Waals surface area contributed by atoms with Crippen molar-refractivity contribution < 1.29 is 27.4 Å². The predicted octanol–water partition coefficient (Wildman–Crippen LogP) is 3.69. The molecular formula is C25H32N2O6S. The van der Waals surface area contributed by atoms with E-state index in [1.54, 1.807) is 17.0 Å². The summed E-state index contributed by atoms with van der Waals surface area (Å²) < 4.78 is 45.3. The van der Waals surface area contributed by atoms with Gasteiger partial charge in [0.15, 0.2) is 11.5 Å². The minimum atomic E-state index is -3.79. The largest absolute Gasteiger partial charge is 0.495 e. The first kappa shape index (κ1) is 24.3. The van der Waals surface area contributed by atoms with Gasteiger partial charge in [0.1, 0.15) is 23.9 Å². The zero-order chi connectivity index (χ0) is 24.1. The number of hydrogen-bond donors (Lipinski definition) is 0. The number of nitrogens with zero attached hydrogens (tertiary/aromatic N) is 2. The van der Waals surface area contributed by atoms with E-state index in [4.69, 9.17) is 14.2 Å². The van der Waals surface area contributed by atoms with E-state index in [1.165, 1.54) is 17.5 Å². The molecule has 0 bridgehead atoms. The van der Waals surface area contributed by atoms with Crippen LogP contribution in [0.15, 0.2) is 41.3 Å². The molecule has 4 rings (SSSR count). The number of hydrogen-bond acceptors (Lipinski definition) is 6. The maximum absolute atomic E-state index is 13.5. The Morgan fingerprint density at radius 3 is 2.50 bits per heavy atom. The fraction of sp³-hybridized carbons (Fsp3) is 0.480. The van der Waals surface area contributed by atoms with Crippen LogP contribution in [0.2, 0.25) is 0 Å². The van der Waals surface area contributed by atoms with Crippen LogP contribution in [0, 0.1) is 0 Å². The van der Waals surface area contributed by atoms with Gasteiger partial charge in [-0.2, -0.15) is 4.31 Å². The first-order chi connectivity index (χ1) is 16.5. The SMILES string of the molecule is CCN(Cc1cccc2c1OCCO2)C(=O)c1ccc(OC)c(S(=O)(=O)N2CCCCCC2)c1. The van der Waals surface area contributed by atoms with Crippen LogP contribution in [0.5, 0.6) is 17.2 Å². The highest BCUT2D eigenvalue weighted by atomic mass is 32.2. The third kappa shape index (κ3) is 5.00. The van der Waals surface area contributed by atoms with Gasteiger partial charge in [0.25, 0.3) is 5.91 Å². The van der Waals surface area contributed by atoms with Gasteiger partial charge < -0.3 is 19.1 Å². The van der Waals surface area contributed by atoms with Crippen LogP contribution in [0.25, 0.3) is 0 Å². The minimum Gasteiger partial charge on any atom is -0.495 e. The van der Waals surface area contributed by atoms with Gasteiger partial charge in [0, 0.05) is 37.3 Å². The third-order valence-electron chi connectivity index (χ3n) is 6.27. The molecule has 9 heteroatoms. The molecule has 1 fully saturated rings. The Morgan fingerprint density at radius 2 is 1.79 bits per heavy atom. The summed E-state index contributed by atoms with van der Waals surface area (Å²) in [6, 6.07) is 10.3. The average molecular weight is 489 g/mol. The fourth-order valence-corrected chi connectivity index (χ4v) is 6.11. The van der Waals surface area contributed by atoms with Gasteiger partial charge in [-0.15, -0.1) is 0 Å². The monoisotopic (exact) mass is 488 g/mol. The van der Waals surface area contributed by atoms with Crippen molar-refractivity contribution in [2.24, 2.45) is 0 Å². The number of carbonyl (C=O) groups excluding carboxylic acids is 1. The van der Waals surface area contributed by atoms with Crippen LogP contribution in [-0.2, 0) is 16.6 Å². The Hall–Kier alpha value is -2.78. The molecule has 0 radical (unpaired) electrons. The van der Waals surface area contributed by atoms with Crippen LogP contribution in [-0.4, -0.2) is 63.5 Å². The number of methoxy groups -OCH3 is 1. The van der Waals surface area contributed by atoms with E-state index in [9.17, 15) is 13.2 Å². The number of carbonyl (C=O) groups is 1. The predicted molar refractivity (Wildman–Crippen MR) is 128 cm³/mol. The van der Waals surface area contributed by atoms with Gasteiger partial charge >= 0.3 is 0 Å². The molecule has 0 saturated carbocycles. The molecule has 184 valence electrons. The third-order valence-corrected chi connectivity index (χ3v) is 8.19. The number of ether oxygens (including phenoxy) is 3. The molecular weight excluding hydrogens is 456 g/mol. The van der Waals surface area contributed by atoms with E-state index in [0.717, 1.165) is 31.2 Å². The Kier molecular flexibility index (Phi) is 7.63. The first-order valence-corrected chi connectivity index (χ1v) is 13.2. The lowest BCUT2D eigenvalue weighted by atomic mass is 10.1. The highest BCUT2D eigenvalue weighted by Gasteiger charge is 2.30. The molecule has 1 amide bonds. The smallest absolute Gasteiger partial charge is 0.254 e. The first-order valence-electron chi connectivity index (χ1n) is 11.8. The van der Waals surface area contributed by atoms with Crippen LogP contribution < -0.4 is 14.2 Å². The lowest BCUT2D eigenvalue weighted by Crippen LogP contribution is -2.33. The Balaban J connectivity index is 1.63. The molecule has 2 aromatic carbocycles. The molecule has 0 spiro atoms. The Morgan fingerprint density at radius 1 is 1.06 bits per heavy atom. The zero-order valence-corrected chi connectivity index (χ0v) is 20.6. The molecule has 0 N–H and O–H groups in total. The standard InChI is InChI=1S/C25H32N2O6S/c1-3-26(18-20-9-8-10-22-24(20)33-16-15-32-22)25(28)19-11-12-21(31-2)23(17-19)34(29,30)27-13-6-4-5-7-14-27/h8-12,17H,3-7,13-16,18H2,1-2H3. The Bertz CT molecular complexity index is 1130. The summed E-state index contributed by atoms with van der Waals surface area (Å²) in [5.41, 5.74) is 1.15. The molecule has 0 unspecified atom stereocenters. The van der Waals surface area contributed by atoms with Gasteiger partial charge in [-0.1, -0.05) is 25.0 Å². The number of rotatable bonds is 7. The molecule has 2 aromatic rings. The minimum absolute atomic E-state index is 0.0348. The zero-order valence-electron chi connectivity index (χ0n) is 19.8. The van der Waals surface area contributed by atoms with Crippen molar-refractivity contribution in [1.82, 2.24) is 9.21 Å². The fourth-order valence-electron chi connectivity index (χ4n) is 4.41. The maximum Gasteiger partial charge on any atom is 0.254 e. The molecule has 2 aliphatic heterocycles. The van der Waals surface area contributed by atoms with E-state index in [0.29, 0.717) is 56.5 Å². The number of benzene rings is 2. The summed E-state index contributed by atoms with van der Waals surface area (Å²) in [5.74, 6) is 1.31. The summed E-state index contributed by atoms with van der Waals surface area (Å²) in [6.07, 6.45) is 3.70. The second-order valence-electron chi connectivity index (χ2n) is 8.44. The molecule has 0 aliphatic carbocycles. The lowest BCUT2D eigenvalue weighted by Gasteiger charge is -2.26. The van der Waals surface area contributed by atoms with E-state index in [1.807, 2.05) is 25.1 Å². The topological polar surface area (TPSA) is 85.4 Å². The van der Waals surface area contributed by atoms with Gasteiger partial charge in [-0.3, -0.25) is 4.79 Å². The second-order valence-corrected chi connectivity index (χ2v) is 10.4. The summed E-state index contributed by atoms with van der Waals surface area (Å²) in [6.45, 7) is 4.57.